The summed E-state index contributed by atoms with van der Waals surface area (Å²) in [5.74, 6) is -0.334. The molecule has 114 valence electrons. The van der Waals surface area contributed by atoms with E-state index in [1.165, 1.54) is 33.3 Å². The summed E-state index contributed by atoms with van der Waals surface area (Å²) in [6, 6.07) is 3.23. The van der Waals surface area contributed by atoms with Crippen LogP contribution in [0.2, 0.25) is 0 Å². The smallest absolute Gasteiger partial charge is 0.310 e. The molecule has 0 unspecified atom stereocenters. The number of rotatable bonds is 5. The van der Waals surface area contributed by atoms with E-state index >= 15 is 0 Å². The third-order valence-corrected chi connectivity index (χ3v) is 4.74. The van der Waals surface area contributed by atoms with Crippen molar-refractivity contribution in [3.05, 3.63) is 49.5 Å². The van der Waals surface area contributed by atoms with Gasteiger partial charge >= 0.3 is 5.97 Å². The maximum atomic E-state index is 12.0. The summed E-state index contributed by atoms with van der Waals surface area (Å²) in [4.78, 5) is 28.5. The predicted molar refractivity (Wildman–Crippen MR) is 84.3 cm³/mol. The molecule has 0 radical (unpaired) electrons. The summed E-state index contributed by atoms with van der Waals surface area (Å²) in [5, 5.41) is 8.83. The van der Waals surface area contributed by atoms with Gasteiger partial charge in [-0.05, 0) is 28.8 Å². The summed E-state index contributed by atoms with van der Waals surface area (Å²) >= 11 is 2.90. The first kappa shape index (κ1) is 14.9. The molecule has 3 rings (SSSR count). The van der Waals surface area contributed by atoms with Crippen LogP contribution < -0.4 is 5.56 Å². The minimum absolute atomic E-state index is 0.00588. The molecule has 0 saturated carbocycles. The van der Waals surface area contributed by atoms with Crippen LogP contribution in [0.3, 0.4) is 0 Å². The zero-order chi connectivity index (χ0) is 15.5. The van der Waals surface area contributed by atoms with Crippen LogP contribution in [0.4, 0.5) is 0 Å². The summed E-state index contributed by atoms with van der Waals surface area (Å²) in [5.41, 5.74) is 1.10. The van der Waals surface area contributed by atoms with Crippen LogP contribution in [0.1, 0.15) is 23.2 Å². The topological polar surface area (TPSA) is 73.6 Å². The zero-order valence-electron chi connectivity index (χ0n) is 11.8. The minimum Gasteiger partial charge on any atom is -0.459 e. The molecule has 0 aliphatic carbocycles. The Morgan fingerprint density at radius 1 is 1.45 bits per heavy atom. The Hall–Kier alpha value is -2.06. The second-order valence-electron chi connectivity index (χ2n) is 4.60. The Balaban J connectivity index is 1.71. The normalized spacial score (nSPS) is 11.0. The van der Waals surface area contributed by atoms with Gasteiger partial charge in [-0.2, -0.15) is 21.0 Å². The number of carbonyl (C=O) groups excluding carboxylic acids is 1. The van der Waals surface area contributed by atoms with Gasteiger partial charge in [0.05, 0.1) is 12.1 Å². The van der Waals surface area contributed by atoms with E-state index in [1.54, 1.807) is 0 Å². The fraction of sp³-hybridized carbons (Fsp3) is 0.286. The number of nitrogens with zero attached hydrogens (tertiary/aromatic N) is 3. The minimum atomic E-state index is -0.334. The first-order valence-corrected chi connectivity index (χ1v) is 8.47. The molecule has 0 amide bonds. The highest BCUT2D eigenvalue weighted by atomic mass is 32.1. The molecular formula is C14H13N3O3S2. The van der Waals surface area contributed by atoms with Crippen LogP contribution in [-0.2, 0) is 29.0 Å². The largest absolute Gasteiger partial charge is 0.459 e. The molecule has 6 nitrogen and oxygen atoms in total. The first-order chi connectivity index (χ1) is 10.7. The van der Waals surface area contributed by atoms with Gasteiger partial charge in [0.2, 0.25) is 4.96 Å². The summed E-state index contributed by atoms with van der Waals surface area (Å²) in [6.45, 7) is 1.96. The average molecular weight is 335 g/mol. The summed E-state index contributed by atoms with van der Waals surface area (Å²) in [6.07, 6.45) is 0.976. The fourth-order valence-electron chi connectivity index (χ4n) is 1.88. The number of carbonyl (C=O) groups is 1. The van der Waals surface area contributed by atoms with Crippen LogP contribution >= 0.6 is 22.7 Å². The Morgan fingerprint density at radius 3 is 3.05 bits per heavy atom. The van der Waals surface area contributed by atoms with Crippen LogP contribution in [0, 0.1) is 0 Å². The van der Waals surface area contributed by atoms with E-state index in [0.717, 1.165) is 17.0 Å². The van der Waals surface area contributed by atoms with Gasteiger partial charge in [0.15, 0.2) is 0 Å². The number of aromatic nitrogens is 3. The number of esters is 1. The molecule has 0 saturated heterocycles. The Bertz CT molecular complexity index is 852. The third kappa shape index (κ3) is 3.23. The molecule has 8 heteroatoms. The highest BCUT2D eigenvalue weighted by molar-refractivity contribution is 7.16. The van der Waals surface area contributed by atoms with Crippen LogP contribution in [-0.4, -0.2) is 20.6 Å². The lowest BCUT2D eigenvalue weighted by molar-refractivity contribution is -0.144. The zero-order valence-corrected chi connectivity index (χ0v) is 13.4. The van der Waals surface area contributed by atoms with Crippen molar-refractivity contribution in [2.45, 2.75) is 26.4 Å². The number of fused-ring (bicyclic) bond motifs is 1. The lowest BCUT2D eigenvalue weighted by atomic mass is 10.2. The summed E-state index contributed by atoms with van der Waals surface area (Å²) in [7, 11) is 0. The van der Waals surface area contributed by atoms with E-state index in [9.17, 15) is 9.59 Å². The molecule has 0 aromatic carbocycles. The van der Waals surface area contributed by atoms with E-state index in [4.69, 9.17) is 4.74 Å². The van der Waals surface area contributed by atoms with Crippen LogP contribution in [0.5, 0.6) is 0 Å². The molecule has 22 heavy (non-hydrogen) atoms. The lowest BCUT2D eigenvalue weighted by Crippen LogP contribution is -2.17. The molecule has 3 aromatic rings. The van der Waals surface area contributed by atoms with Crippen LogP contribution in [0.15, 0.2) is 27.7 Å². The van der Waals surface area contributed by atoms with Gasteiger partial charge in [-0.25, -0.2) is 4.98 Å². The van der Waals surface area contributed by atoms with Crippen molar-refractivity contribution < 1.29 is 9.53 Å². The molecule has 0 aliphatic heterocycles. The molecular weight excluding hydrogens is 322 g/mol. The van der Waals surface area contributed by atoms with Gasteiger partial charge in [0, 0.05) is 6.07 Å². The predicted octanol–water partition coefficient (Wildman–Crippen LogP) is 2.06. The van der Waals surface area contributed by atoms with E-state index in [-0.39, 0.29) is 24.6 Å². The Labute approximate surface area is 134 Å². The molecule has 0 aliphatic rings. The molecule has 0 fully saturated rings. The number of thiophene rings is 1. The highest BCUT2D eigenvalue weighted by Gasteiger charge is 2.10. The molecule has 3 heterocycles. The standard InChI is InChI=1S/C14H13N3O3S2/c1-2-11-16-17-12(18)6-10(15-14(17)22-11)7-20-13(19)5-9-3-4-21-8-9/h3-4,6,8H,2,5,7H2,1H3. The molecule has 0 atom stereocenters. The van der Waals surface area contributed by atoms with Crippen molar-refractivity contribution in [3.63, 3.8) is 0 Å². The van der Waals surface area contributed by atoms with Gasteiger partial charge in [-0.15, -0.1) is 0 Å². The molecule has 3 aromatic heterocycles. The maximum Gasteiger partial charge on any atom is 0.310 e. The molecule has 0 bridgehead atoms. The lowest BCUT2D eigenvalue weighted by Gasteiger charge is -2.03. The van der Waals surface area contributed by atoms with E-state index < -0.39 is 0 Å². The molecule has 0 N–H and O–H groups in total. The number of aryl methyl sites for hydroxylation is 1. The molecule has 0 spiro atoms. The average Bonchev–Trinajstić information content (AvgIpc) is 3.14. The van der Waals surface area contributed by atoms with Crippen molar-refractivity contribution in [2.75, 3.05) is 0 Å². The number of ether oxygens (including phenoxy) is 1. The second kappa shape index (κ2) is 6.37. The maximum absolute atomic E-state index is 12.0. The van der Waals surface area contributed by atoms with E-state index in [0.29, 0.717) is 10.7 Å². The fourth-order valence-corrected chi connectivity index (χ4v) is 3.40. The number of hydrogen-bond donors (Lipinski definition) is 0. The van der Waals surface area contributed by atoms with E-state index in [1.807, 2.05) is 23.8 Å². The van der Waals surface area contributed by atoms with E-state index in [2.05, 4.69) is 10.1 Å². The van der Waals surface area contributed by atoms with Crippen LogP contribution in [0.25, 0.3) is 4.96 Å². The SMILES string of the molecule is CCc1nn2c(=O)cc(COC(=O)Cc3ccsc3)nc2s1. The second-order valence-corrected chi connectivity index (χ2v) is 6.42. The first-order valence-electron chi connectivity index (χ1n) is 6.71. The summed E-state index contributed by atoms with van der Waals surface area (Å²) < 4.78 is 6.46. The Morgan fingerprint density at radius 2 is 2.32 bits per heavy atom. The van der Waals surface area contributed by atoms with Crippen molar-refractivity contribution in [1.29, 1.82) is 0 Å². The van der Waals surface area contributed by atoms with Crippen molar-refractivity contribution in [3.8, 4) is 0 Å². The van der Waals surface area contributed by atoms with Crippen molar-refractivity contribution in [1.82, 2.24) is 14.6 Å². The monoisotopic (exact) mass is 335 g/mol. The third-order valence-electron chi connectivity index (χ3n) is 2.95. The Kier molecular flexibility index (Phi) is 4.30. The quantitative estimate of drug-likeness (QED) is 0.667. The van der Waals surface area contributed by atoms with Gasteiger partial charge in [-0.3, -0.25) is 9.59 Å². The van der Waals surface area contributed by atoms with Gasteiger partial charge in [0.25, 0.3) is 5.56 Å². The van der Waals surface area contributed by atoms with Gasteiger partial charge < -0.3 is 4.74 Å². The highest BCUT2D eigenvalue weighted by Crippen LogP contribution is 2.12. The van der Waals surface area contributed by atoms with Gasteiger partial charge in [0.1, 0.15) is 11.6 Å². The van der Waals surface area contributed by atoms with Crippen molar-refractivity contribution >= 4 is 33.6 Å². The van der Waals surface area contributed by atoms with Gasteiger partial charge in [-0.1, -0.05) is 18.3 Å². The van der Waals surface area contributed by atoms with Crippen molar-refractivity contribution in [2.24, 2.45) is 0 Å². The number of hydrogen-bond acceptors (Lipinski definition) is 7.